The van der Waals surface area contributed by atoms with Crippen LogP contribution in [0.3, 0.4) is 0 Å². The molecule has 0 saturated heterocycles. The van der Waals surface area contributed by atoms with Crippen LogP contribution in [0.5, 0.6) is 5.75 Å². The van der Waals surface area contributed by atoms with Gasteiger partial charge in [0.15, 0.2) is 5.78 Å². The zero-order chi connectivity index (χ0) is 13.1. The largest absolute Gasteiger partial charge is 0.496 e. The molecule has 0 spiro atoms. The van der Waals surface area contributed by atoms with Crippen LogP contribution in [0.25, 0.3) is 0 Å². The average Bonchev–Trinajstić information content (AvgIpc) is 2.41. The summed E-state index contributed by atoms with van der Waals surface area (Å²) < 4.78 is 5.19. The number of methoxy groups -OCH3 is 1. The van der Waals surface area contributed by atoms with Gasteiger partial charge < -0.3 is 4.74 Å². The molecule has 2 nitrogen and oxygen atoms in total. The zero-order valence-corrected chi connectivity index (χ0v) is 11.0. The third kappa shape index (κ3) is 2.39. The molecule has 0 N–H and O–H groups in total. The fraction of sp³-hybridized carbons (Fsp3) is 0.133. The number of para-hydroxylation sites is 1. The summed E-state index contributed by atoms with van der Waals surface area (Å²) in [5, 5.41) is 0.593. The maximum absolute atomic E-state index is 12.4. The number of ketones is 1. The summed E-state index contributed by atoms with van der Waals surface area (Å²) in [4.78, 5) is 12.4. The van der Waals surface area contributed by atoms with E-state index in [1.54, 1.807) is 31.4 Å². The molecule has 0 heterocycles. The van der Waals surface area contributed by atoms with Crippen molar-refractivity contribution < 1.29 is 9.53 Å². The van der Waals surface area contributed by atoms with Crippen molar-refractivity contribution in [3.8, 4) is 5.75 Å². The number of halogens is 1. The predicted octanol–water partition coefficient (Wildman–Crippen LogP) is 3.89. The van der Waals surface area contributed by atoms with Crippen LogP contribution in [0.2, 0.25) is 5.02 Å². The predicted molar refractivity (Wildman–Crippen MR) is 72.6 cm³/mol. The number of aryl methyl sites for hydroxylation is 1. The highest BCUT2D eigenvalue weighted by Crippen LogP contribution is 2.23. The number of ether oxygens (including phenoxy) is 1. The van der Waals surface area contributed by atoms with Gasteiger partial charge in [0.1, 0.15) is 5.75 Å². The Morgan fingerprint density at radius 3 is 2.56 bits per heavy atom. The number of hydrogen-bond donors (Lipinski definition) is 0. The van der Waals surface area contributed by atoms with Crippen molar-refractivity contribution in [2.45, 2.75) is 6.92 Å². The Balaban J connectivity index is 2.44. The number of benzene rings is 2. The van der Waals surface area contributed by atoms with Gasteiger partial charge >= 0.3 is 0 Å². The molecule has 0 aliphatic heterocycles. The van der Waals surface area contributed by atoms with Crippen molar-refractivity contribution in [1.82, 2.24) is 0 Å². The molecule has 0 radical (unpaired) electrons. The molecule has 0 aromatic heterocycles. The molecule has 0 bridgehead atoms. The highest BCUT2D eigenvalue weighted by atomic mass is 35.5. The first-order chi connectivity index (χ1) is 8.63. The second kappa shape index (κ2) is 5.23. The molecule has 18 heavy (non-hydrogen) atoms. The van der Waals surface area contributed by atoms with Gasteiger partial charge in [-0.05, 0) is 30.7 Å². The maximum atomic E-state index is 12.4. The minimum atomic E-state index is -0.0886. The van der Waals surface area contributed by atoms with Crippen LogP contribution in [0.15, 0.2) is 42.5 Å². The van der Waals surface area contributed by atoms with Crippen molar-refractivity contribution in [2.24, 2.45) is 0 Å². The van der Waals surface area contributed by atoms with Crippen LogP contribution in [0.4, 0.5) is 0 Å². The lowest BCUT2D eigenvalue weighted by molar-refractivity contribution is 0.103. The van der Waals surface area contributed by atoms with Crippen molar-refractivity contribution >= 4 is 17.4 Å². The second-order valence-corrected chi connectivity index (χ2v) is 4.40. The van der Waals surface area contributed by atoms with E-state index in [0.29, 0.717) is 21.9 Å². The molecule has 92 valence electrons. The molecule has 0 amide bonds. The van der Waals surface area contributed by atoms with Crippen molar-refractivity contribution in [2.75, 3.05) is 7.11 Å². The summed E-state index contributed by atoms with van der Waals surface area (Å²) in [5.74, 6) is 0.480. The Morgan fingerprint density at radius 1 is 1.17 bits per heavy atom. The maximum Gasteiger partial charge on any atom is 0.196 e. The van der Waals surface area contributed by atoms with Gasteiger partial charge in [0.05, 0.1) is 12.7 Å². The van der Waals surface area contributed by atoms with Gasteiger partial charge in [-0.1, -0.05) is 35.9 Å². The Bertz CT molecular complexity index is 591. The molecule has 0 atom stereocenters. The Labute approximate surface area is 111 Å². The standard InChI is InChI=1S/C15H13ClO2/c1-10-7-8-11(9-13(10)16)15(17)12-5-3-4-6-14(12)18-2/h3-9H,1-2H3. The normalized spacial score (nSPS) is 10.2. The zero-order valence-electron chi connectivity index (χ0n) is 10.2. The van der Waals surface area contributed by atoms with E-state index in [1.165, 1.54) is 0 Å². The molecule has 2 aromatic carbocycles. The lowest BCUT2D eigenvalue weighted by Crippen LogP contribution is -2.04. The topological polar surface area (TPSA) is 26.3 Å². The first-order valence-electron chi connectivity index (χ1n) is 5.57. The summed E-state index contributed by atoms with van der Waals surface area (Å²) in [5.41, 5.74) is 2.06. The molecule has 0 aliphatic carbocycles. The fourth-order valence-electron chi connectivity index (χ4n) is 1.72. The summed E-state index contributed by atoms with van der Waals surface area (Å²) in [6.45, 7) is 1.90. The first kappa shape index (κ1) is 12.7. The first-order valence-corrected chi connectivity index (χ1v) is 5.95. The third-order valence-corrected chi connectivity index (χ3v) is 3.19. The second-order valence-electron chi connectivity index (χ2n) is 3.99. The van der Waals surface area contributed by atoms with E-state index in [9.17, 15) is 4.79 Å². The van der Waals surface area contributed by atoms with Gasteiger partial charge in [0, 0.05) is 10.6 Å². The van der Waals surface area contributed by atoms with Crippen molar-refractivity contribution in [3.05, 3.63) is 64.2 Å². The van der Waals surface area contributed by atoms with Gasteiger partial charge in [-0.2, -0.15) is 0 Å². The molecular formula is C15H13ClO2. The summed E-state index contributed by atoms with van der Waals surface area (Å²) in [7, 11) is 1.55. The quantitative estimate of drug-likeness (QED) is 0.783. The molecular weight excluding hydrogens is 248 g/mol. The van der Waals surface area contributed by atoms with Crippen LogP contribution in [-0.2, 0) is 0 Å². The molecule has 0 unspecified atom stereocenters. The van der Waals surface area contributed by atoms with Gasteiger partial charge in [-0.3, -0.25) is 4.79 Å². The lowest BCUT2D eigenvalue weighted by atomic mass is 10.0. The van der Waals surface area contributed by atoms with Gasteiger partial charge in [0.25, 0.3) is 0 Å². The number of carbonyl (C=O) groups excluding carboxylic acids is 1. The molecule has 0 saturated carbocycles. The van der Waals surface area contributed by atoms with Gasteiger partial charge in [0.2, 0.25) is 0 Å². The van der Waals surface area contributed by atoms with Crippen LogP contribution in [0.1, 0.15) is 21.5 Å². The third-order valence-electron chi connectivity index (χ3n) is 2.79. The number of carbonyl (C=O) groups is 1. The number of rotatable bonds is 3. The monoisotopic (exact) mass is 260 g/mol. The van der Waals surface area contributed by atoms with Crippen LogP contribution in [-0.4, -0.2) is 12.9 Å². The SMILES string of the molecule is COc1ccccc1C(=O)c1ccc(C)c(Cl)c1. The summed E-state index contributed by atoms with van der Waals surface area (Å²) in [6.07, 6.45) is 0. The van der Waals surface area contributed by atoms with Crippen molar-refractivity contribution in [1.29, 1.82) is 0 Å². The van der Waals surface area contributed by atoms with Crippen LogP contribution in [0, 0.1) is 6.92 Å². The molecule has 2 aromatic rings. The highest BCUT2D eigenvalue weighted by Gasteiger charge is 2.14. The highest BCUT2D eigenvalue weighted by molar-refractivity contribution is 6.32. The molecule has 2 rings (SSSR count). The summed E-state index contributed by atoms with van der Waals surface area (Å²) >= 11 is 6.04. The van der Waals surface area contributed by atoms with Crippen LogP contribution < -0.4 is 4.74 Å². The average molecular weight is 261 g/mol. The van der Waals surface area contributed by atoms with Gasteiger partial charge in [-0.15, -0.1) is 0 Å². The minimum Gasteiger partial charge on any atom is -0.496 e. The Kier molecular flexibility index (Phi) is 3.68. The molecule has 3 heteroatoms. The molecule has 0 fully saturated rings. The van der Waals surface area contributed by atoms with E-state index in [1.807, 2.05) is 25.1 Å². The molecule has 0 aliphatic rings. The Morgan fingerprint density at radius 2 is 1.89 bits per heavy atom. The van der Waals surface area contributed by atoms with E-state index in [0.717, 1.165) is 5.56 Å². The van der Waals surface area contributed by atoms with Crippen LogP contribution >= 0.6 is 11.6 Å². The van der Waals surface area contributed by atoms with Gasteiger partial charge in [-0.25, -0.2) is 0 Å². The van der Waals surface area contributed by atoms with E-state index >= 15 is 0 Å². The fourth-order valence-corrected chi connectivity index (χ4v) is 1.90. The smallest absolute Gasteiger partial charge is 0.196 e. The van der Waals surface area contributed by atoms with E-state index in [2.05, 4.69) is 0 Å². The summed E-state index contributed by atoms with van der Waals surface area (Å²) in [6, 6.07) is 12.5. The van der Waals surface area contributed by atoms with E-state index < -0.39 is 0 Å². The lowest BCUT2D eigenvalue weighted by Gasteiger charge is -2.08. The van der Waals surface area contributed by atoms with E-state index in [4.69, 9.17) is 16.3 Å². The van der Waals surface area contributed by atoms with Crippen molar-refractivity contribution in [3.63, 3.8) is 0 Å². The van der Waals surface area contributed by atoms with E-state index in [-0.39, 0.29) is 5.78 Å². The number of hydrogen-bond acceptors (Lipinski definition) is 2. The Hall–Kier alpha value is -1.80. The minimum absolute atomic E-state index is 0.0886.